The molecular formula is C13H25N2+. The molecule has 0 radical (unpaired) electrons. The van der Waals surface area contributed by atoms with Crippen molar-refractivity contribution in [3.63, 3.8) is 0 Å². The van der Waals surface area contributed by atoms with Crippen molar-refractivity contribution in [2.75, 3.05) is 0 Å². The molecule has 1 aromatic heterocycles. The van der Waals surface area contributed by atoms with Crippen LogP contribution in [0, 0.1) is 0 Å². The smallest absolute Gasteiger partial charge is 0.237 e. The summed E-state index contributed by atoms with van der Waals surface area (Å²) in [5.74, 6) is 0. The normalized spacial score (nSPS) is 13.0. The maximum atomic E-state index is 2.37. The third-order valence-electron chi connectivity index (χ3n) is 3.11. The zero-order chi connectivity index (χ0) is 11.1. The largest absolute Gasteiger partial charge is 0.243 e. The lowest BCUT2D eigenvalue weighted by atomic mass is 10.1. The van der Waals surface area contributed by atoms with Crippen LogP contribution in [0.5, 0.6) is 0 Å². The number of imidazole rings is 1. The highest BCUT2D eigenvalue weighted by Crippen LogP contribution is 2.18. The van der Waals surface area contributed by atoms with E-state index in [1.807, 2.05) is 0 Å². The van der Waals surface area contributed by atoms with Crippen molar-refractivity contribution in [2.45, 2.75) is 65.5 Å². The Morgan fingerprint density at radius 3 is 2.53 bits per heavy atom. The van der Waals surface area contributed by atoms with E-state index in [0.717, 1.165) is 6.54 Å². The van der Waals surface area contributed by atoms with Gasteiger partial charge in [-0.05, 0) is 26.2 Å². The first-order valence-electron chi connectivity index (χ1n) is 6.38. The molecule has 0 N–H and O–H groups in total. The van der Waals surface area contributed by atoms with E-state index in [1.54, 1.807) is 0 Å². The maximum Gasteiger partial charge on any atom is 0.243 e. The predicted molar refractivity (Wildman–Crippen MR) is 63.8 cm³/mol. The highest BCUT2D eigenvalue weighted by atomic mass is 15.1. The Bertz CT molecular complexity index is 265. The monoisotopic (exact) mass is 209 g/mol. The standard InChI is InChI=1S/C13H25N2/c1-4-7-8-9-13(5-2)15-11-10-14(6-3)12-15/h10-13H,4-9H2,1-3H3/q+1. The highest BCUT2D eigenvalue weighted by molar-refractivity contribution is 4.74. The second kappa shape index (κ2) is 6.65. The van der Waals surface area contributed by atoms with Crippen molar-refractivity contribution in [1.82, 2.24) is 4.57 Å². The average Bonchev–Trinajstić information content (AvgIpc) is 2.73. The van der Waals surface area contributed by atoms with Crippen molar-refractivity contribution in [3.8, 4) is 0 Å². The average molecular weight is 209 g/mol. The van der Waals surface area contributed by atoms with E-state index in [2.05, 4.69) is 48.6 Å². The van der Waals surface area contributed by atoms with E-state index in [4.69, 9.17) is 0 Å². The Kier molecular flexibility index (Phi) is 5.44. The molecule has 1 rings (SSSR count). The summed E-state index contributed by atoms with van der Waals surface area (Å²) in [6.07, 6.45) is 13.2. The zero-order valence-corrected chi connectivity index (χ0v) is 10.4. The maximum absolute atomic E-state index is 2.37. The third kappa shape index (κ3) is 3.69. The summed E-state index contributed by atoms with van der Waals surface area (Å²) in [7, 11) is 0. The Labute approximate surface area is 93.9 Å². The van der Waals surface area contributed by atoms with Crippen LogP contribution in [0.4, 0.5) is 0 Å². The van der Waals surface area contributed by atoms with Crippen molar-refractivity contribution in [3.05, 3.63) is 18.7 Å². The van der Waals surface area contributed by atoms with Crippen molar-refractivity contribution in [2.24, 2.45) is 0 Å². The molecule has 15 heavy (non-hydrogen) atoms. The molecule has 0 aliphatic carbocycles. The SMILES string of the molecule is CCCCCC(CC)n1cc[n+](CC)c1. The van der Waals surface area contributed by atoms with Crippen LogP contribution in [0.15, 0.2) is 18.7 Å². The molecule has 1 aromatic rings. The van der Waals surface area contributed by atoms with E-state index in [0.29, 0.717) is 6.04 Å². The van der Waals surface area contributed by atoms with Gasteiger partial charge in [-0.1, -0.05) is 26.7 Å². The third-order valence-corrected chi connectivity index (χ3v) is 3.11. The molecule has 86 valence electrons. The van der Waals surface area contributed by atoms with Gasteiger partial charge in [0.05, 0.1) is 6.54 Å². The molecule has 0 spiro atoms. The van der Waals surface area contributed by atoms with Gasteiger partial charge in [-0.3, -0.25) is 0 Å². The first-order chi connectivity index (χ1) is 7.31. The summed E-state index contributed by atoms with van der Waals surface area (Å²) in [5, 5.41) is 0. The van der Waals surface area contributed by atoms with Gasteiger partial charge in [0, 0.05) is 0 Å². The predicted octanol–water partition coefficient (Wildman–Crippen LogP) is 3.33. The quantitative estimate of drug-likeness (QED) is 0.481. The number of aromatic nitrogens is 2. The van der Waals surface area contributed by atoms with Gasteiger partial charge >= 0.3 is 0 Å². The molecule has 0 aliphatic heterocycles. The number of hydrogen-bond acceptors (Lipinski definition) is 0. The van der Waals surface area contributed by atoms with Gasteiger partial charge in [0.15, 0.2) is 0 Å². The van der Waals surface area contributed by atoms with Gasteiger partial charge in [-0.2, -0.15) is 0 Å². The van der Waals surface area contributed by atoms with E-state index >= 15 is 0 Å². The van der Waals surface area contributed by atoms with E-state index in [-0.39, 0.29) is 0 Å². The van der Waals surface area contributed by atoms with Gasteiger partial charge < -0.3 is 0 Å². The van der Waals surface area contributed by atoms with Crippen LogP contribution in [0.3, 0.4) is 0 Å². The second-order valence-corrected chi connectivity index (χ2v) is 4.25. The van der Waals surface area contributed by atoms with Crippen LogP contribution in [-0.4, -0.2) is 4.57 Å². The first-order valence-corrected chi connectivity index (χ1v) is 6.38. The second-order valence-electron chi connectivity index (χ2n) is 4.25. The summed E-state index contributed by atoms with van der Waals surface area (Å²) in [5.41, 5.74) is 0. The van der Waals surface area contributed by atoms with Crippen LogP contribution in [-0.2, 0) is 6.54 Å². The number of rotatable bonds is 7. The summed E-state index contributed by atoms with van der Waals surface area (Å²) in [6.45, 7) is 7.80. The highest BCUT2D eigenvalue weighted by Gasteiger charge is 2.13. The van der Waals surface area contributed by atoms with Crippen LogP contribution >= 0.6 is 0 Å². The van der Waals surface area contributed by atoms with Crippen LogP contribution < -0.4 is 4.57 Å². The number of nitrogens with zero attached hydrogens (tertiary/aromatic N) is 2. The summed E-state index contributed by atoms with van der Waals surface area (Å²) < 4.78 is 4.61. The number of aryl methyl sites for hydroxylation is 1. The summed E-state index contributed by atoms with van der Waals surface area (Å²) >= 11 is 0. The summed E-state index contributed by atoms with van der Waals surface area (Å²) in [6, 6.07) is 0.698. The fourth-order valence-corrected chi connectivity index (χ4v) is 2.01. The molecule has 0 saturated heterocycles. The molecule has 0 aliphatic rings. The molecule has 0 aromatic carbocycles. The molecular weight excluding hydrogens is 184 g/mol. The molecule has 0 fully saturated rings. The van der Waals surface area contributed by atoms with Gasteiger partial charge in [0.25, 0.3) is 0 Å². The molecule has 1 atom stereocenters. The molecule has 2 heteroatoms. The number of unbranched alkanes of at least 4 members (excludes halogenated alkanes) is 2. The van der Waals surface area contributed by atoms with Crippen molar-refractivity contribution < 1.29 is 4.57 Å². The Balaban J connectivity index is 2.49. The molecule has 0 saturated carbocycles. The van der Waals surface area contributed by atoms with Crippen LogP contribution in [0.25, 0.3) is 0 Å². The molecule has 2 nitrogen and oxygen atoms in total. The van der Waals surface area contributed by atoms with Gasteiger partial charge in [-0.15, -0.1) is 0 Å². The topological polar surface area (TPSA) is 8.81 Å². The molecule has 0 bridgehead atoms. The molecule has 1 unspecified atom stereocenters. The Morgan fingerprint density at radius 2 is 2.00 bits per heavy atom. The fraction of sp³-hybridized carbons (Fsp3) is 0.769. The van der Waals surface area contributed by atoms with E-state index in [9.17, 15) is 0 Å². The lowest BCUT2D eigenvalue weighted by molar-refractivity contribution is -0.693. The molecule has 0 amide bonds. The van der Waals surface area contributed by atoms with Crippen LogP contribution in [0.1, 0.15) is 58.9 Å². The minimum atomic E-state index is 0.698. The van der Waals surface area contributed by atoms with E-state index in [1.165, 1.54) is 32.1 Å². The number of hydrogen-bond donors (Lipinski definition) is 0. The van der Waals surface area contributed by atoms with Gasteiger partial charge in [0.2, 0.25) is 6.33 Å². The van der Waals surface area contributed by atoms with Crippen molar-refractivity contribution >= 4 is 0 Å². The minimum Gasteiger partial charge on any atom is -0.237 e. The van der Waals surface area contributed by atoms with Crippen molar-refractivity contribution in [1.29, 1.82) is 0 Å². The lowest BCUT2D eigenvalue weighted by Crippen LogP contribution is -2.29. The summed E-state index contributed by atoms with van der Waals surface area (Å²) in [4.78, 5) is 0. The fourth-order valence-electron chi connectivity index (χ4n) is 2.01. The minimum absolute atomic E-state index is 0.698. The lowest BCUT2D eigenvalue weighted by Gasteiger charge is -2.10. The Morgan fingerprint density at radius 1 is 1.20 bits per heavy atom. The Hall–Kier alpha value is -0.790. The first kappa shape index (κ1) is 12.3. The zero-order valence-electron chi connectivity index (χ0n) is 10.4. The molecule has 1 heterocycles. The van der Waals surface area contributed by atoms with E-state index < -0.39 is 0 Å². The van der Waals surface area contributed by atoms with Gasteiger partial charge in [-0.25, -0.2) is 9.13 Å². The van der Waals surface area contributed by atoms with Gasteiger partial charge in [0.1, 0.15) is 18.4 Å². The van der Waals surface area contributed by atoms with Crippen LogP contribution in [0.2, 0.25) is 0 Å².